The first-order chi connectivity index (χ1) is 8.83. The monoisotopic (exact) mass is 232 g/mol. The van der Waals surface area contributed by atoms with Crippen LogP contribution in [-0.2, 0) is 11.2 Å². The predicted octanol–water partition coefficient (Wildman–Crippen LogP) is 3.68. The Morgan fingerprint density at radius 1 is 1.00 bits per heavy atom. The quantitative estimate of drug-likeness (QED) is 0.677. The van der Waals surface area contributed by atoms with Crippen molar-refractivity contribution in [3.05, 3.63) is 65.3 Å². The fraction of sp³-hybridized carbons (Fsp3) is 0.118. The Labute approximate surface area is 105 Å². The van der Waals surface area contributed by atoms with Gasteiger partial charge in [0.15, 0.2) is 5.78 Å². The van der Waals surface area contributed by atoms with Gasteiger partial charge in [0.05, 0.1) is 0 Å². The van der Waals surface area contributed by atoms with Crippen LogP contribution in [0.25, 0.3) is 16.3 Å². The predicted molar refractivity (Wildman–Crippen MR) is 73.3 cm³/mol. The van der Waals surface area contributed by atoms with E-state index in [4.69, 9.17) is 0 Å². The first kappa shape index (κ1) is 9.84. The van der Waals surface area contributed by atoms with Crippen LogP contribution in [0.4, 0.5) is 0 Å². The number of carbonyl (C=O) groups is 1. The molecule has 0 fully saturated rings. The lowest BCUT2D eigenvalue weighted by atomic mass is 9.96. The number of ketones is 1. The summed E-state index contributed by atoms with van der Waals surface area (Å²) in [4.78, 5) is 11.9. The average molecular weight is 232 g/mol. The Morgan fingerprint density at radius 3 is 2.61 bits per heavy atom. The summed E-state index contributed by atoms with van der Waals surface area (Å²) < 4.78 is 0. The molecule has 0 aromatic heterocycles. The van der Waals surface area contributed by atoms with Gasteiger partial charge < -0.3 is 0 Å². The van der Waals surface area contributed by atoms with E-state index in [2.05, 4.69) is 42.5 Å². The van der Waals surface area contributed by atoms with Crippen LogP contribution in [0, 0.1) is 0 Å². The highest BCUT2D eigenvalue weighted by Crippen LogP contribution is 2.38. The number of benzene rings is 2. The van der Waals surface area contributed by atoms with Gasteiger partial charge in [-0.3, -0.25) is 4.79 Å². The Morgan fingerprint density at radius 2 is 1.78 bits per heavy atom. The van der Waals surface area contributed by atoms with E-state index in [-0.39, 0.29) is 5.78 Å². The van der Waals surface area contributed by atoms with Crippen molar-refractivity contribution in [3.63, 3.8) is 0 Å². The molecule has 2 aliphatic carbocycles. The molecule has 2 aromatic carbocycles. The molecule has 0 aliphatic heterocycles. The van der Waals surface area contributed by atoms with Gasteiger partial charge in [-0.2, -0.15) is 0 Å². The number of carbonyl (C=O) groups excluding carboxylic acids is 1. The summed E-state index contributed by atoms with van der Waals surface area (Å²) in [5.41, 5.74) is 4.68. The minimum atomic E-state index is 0.285. The summed E-state index contributed by atoms with van der Waals surface area (Å²) in [5.74, 6) is 0.285. The molecule has 18 heavy (non-hydrogen) atoms. The molecule has 0 atom stereocenters. The normalized spacial score (nSPS) is 17.2. The highest BCUT2D eigenvalue weighted by molar-refractivity contribution is 6.10. The second-order valence-electron chi connectivity index (χ2n) is 4.96. The molecule has 2 aliphatic rings. The van der Waals surface area contributed by atoms with Gasteiger partial charge in [0.2, 0.25) is 0 Å². The molecular formula is C17H12O. The number of Topliss-reactive ketones (excluding diaryl/α,β-unsaturated/α-hetero) is 1. The number of rotatable bonds is 0. The van der Waals surface area contributed by atoms with Crippen molar-refractivity contribution < 1.29 is 4.79 Å². The summed E-state index contributed by atoms with van der Waals surface area (Å²) in [6.45, 7) is 0. The summed E-state index contributed by atoms with van der Waals surface area (Å²) in [5, 5.41) is 2.50. The van der Waals surface area contributed by atoms with Crippen LogP contribution >= 0.6 is 0 Å². The molecule has 2 aromatic rings. The van der Waals surface area contributed by atoms with Crippen molar-refractivity contribution in [2.45, 2.75) is 12.8 Å². The Hall–Kier alpha value is -2.15. The van der Waals surface area contributed by atoms with Gasteiger partial charge in [0.25, 0.3) is 0 Å². The molecule has 0 saturated carbocycles. The van der Waals surface area contributed by atoms with Crippen LogP contribution < -0.4 is 0 Å². The second kappa shape index (κ2) is 3.42. The first-order valence-electron chi connectivity index (χ1n) is 6.28. The lowest BCUT2D eigenvalue weighted by molar-refractivity contribution is -0.114. The minimum absolute atomic E-state index is 0.285. The molecule has 0 heterocycles. The molecule has 0 spiro atoms. The topological polar surface area (TPSA) is 17.1 Å². The van der Waals surface area contributed by atoms with Crippen molar-refractivity contribution in [2.75, 3.05) is 0 Å². The zero-order valence-corrected chi connectivity index (χ0v) is 9.94. The highest BCUT2D eigenvalue weighted by Gasteiger charge is 2.26. The SMILES string of the molecule is O=C1CC=CC2=C1Cc1cc3ccccc3cc12. The van der Waals surface area contributed by atoms with E-state index in [1.165, 1.54) is 21.9 Å². The molecular weight excluding hydrogens is 220 g/mol. The van der Waals surface area contributed by atoms with Crippen molar-refractivity contribution >= 4 is 22.1 Å². The highest BCUT2D eigenvalue weighted by atomic mass is 16.1. The molecule has 0 saturated heterocycles. The van der Waals surface area contributed by atoms with Crippen molar-refractivity contribution in [2.24, 2.45) is 0 Å². The van der Waals surface area contributed by atoms with Gasteiger partial charge in [0.1, 0.15) is 0 Å². The van der Waals surface area contributed by atoms with Crippen molar-refractivity contribution in [1.82, 2.24) is 0 Å². The lowest BCUT2D eigenvalue weighted by Crippen LogP contribution is -2.04. The summed E-state index contributed by atoms with van der Waals surface area (Å²) in [6.07, 6.45) is 5.45. The number of allylic oxidation sites excluding steroid dienone is 4. The van der Waals surface area contributed by atoms with E-state index in [1.807, 2.05) is 6.08 Å². The van der Waals surface area contributed by atoms with Crippen LogP contribution in [-0.4, -0.2) is 5.78 Å². The summed E-state index contributed by atoms with van der Waals surface area (Å²) in [6, 6.07) is 12.8. The number of fused-ring (bicyclic) bond motifs is 3. The fourth-order valence-electron chi connectivity index (χ4n) is 2.98. The fourth-order valence-corrected chi connectivity index (χ4v) is 2.98. The van der Waals surface area contributed by atoms with Gasteiger partial charge in [0, 0.05) is 18.4 Å². The molecule has 0 N–H and O–H groups in total. The Bertz CT molecular complexity index is 747. The van der Waals surface area contributed by atoms with E-state index in [0.717, 1.165) is 17.6 Å². The van der Waals surface area contributed by atoms with Crippen LogP contribution in [0.1, 0.15) is 17.5 Å². The third kappa shape index (κ3) is 1.25. The Kier molecular flexibility index (Phi) is 1.87. The summed E-state index contributed by atoms with van der Waals surface area (Å²) in [7, 11) is 0. The zero-order chi connectivity index (χ0) is 12.1. The van der Waals surface area contributed by atoms with E-state index in [0.29, 0.717) is 6.42 Å². The zero-order valence-electron chi connectivity index (χ0n) is 9.94. The molecule has 0 bridgehead atoms. The van der Waals surface area contributed by atoms with E-state index < -0.39 is 0 Å². The maximum absolute atomic E-state index is 11.9. The third-order valence-corrected chi connectivity index (χ3v) is 3.88. The van der Waals surface area contributed by atoms with Crippen molar-refractivity contribution in [1.29, 1.82) is 0 Å². The van der Waals surface area contributed by atoms with Crippen LogP contribution in [0.15, 0.2) is 54.1 Å². The van der Waals surface area contributed by atoms with E-state index in [1.54, 1.807) is 0 Å². The lowest BCUT2D eigenvalue weighted by Gasteiger charge is -2.07. The molecule has 1 nitrogen and oxygen atoms in total. The maximum Gasteiger partial charge on any atom is 0.163 e. The van der Waals surface area contributed by atoms with Crippen molar-refractivity contribution in [3.8, 4) is 0 Å². The molecule has 86 valence electrons. The van der Waals surface area contributed by atoms with Crippen LogP contribution in [0.2, 0.25) is 0 Å². The summed E-state index contributed by atoms with van der Waals surface area (Å²) >= 11 is 0. The van der Waals surface area contributed by atoms with Gasteiger partial charge in [-0.1, -0.05) is 42.5 Å². The van der Waals surface area contributed by atoms with E-state index in [9.17, 15) is 4.79 Å². The molecule has 1 heteroatoms. The van der Waals surface area contributed by atoms with E-state index >= 15 is 0 Å². The van der Waals surface area contributed by atoms with Crippen LogP contribution in [0.5, 0.6) is 0 Å². The van der Waals surface area contributed by atoms with Gasteiger partial charge in [-0.15, -0.1) is 0 Å². The maximum atomic E-state index is 11.9. The largest absolute Gasteiger partial charge is 0.294 e. The van der Waals surface area contributed by atoms with Gasteiger partial charge in [-0.25, -0.2) is 0 Å². The average Bonchev–Trinajstić information content (AvgIpc) is 2.76. The molecule has 4 rings (SSSR count). The number of hydrogen-bond acceptors (Lipinski definition) is 1. The Balaban J connectivity index is 2.00. The van der Waals surface area contributed by atoms with Crippen LogP contribution in [0.3, 0.4) is 0 Å². The standard InChI is InChI=1S/C17H12O/c18-17-7-3-6-14-15-9-12-5-2-1-4-11(12)8-13(15)10-16(14)17/h1-6,8-9H,7,10H2. The van der Waals surface area contributed by atoms with Gasteiger partial charge in [-0.05, 0) is 33.5 Å². The molecule has 0 radical (unpaired) electrons. The molecule has 0 unspecified atom stereocenters. The minimum Gasteiger partial charge on any atom is -0.294 e. The number of hydrogen-bond donors (Lipinski definition) is 0. The van der Waals surface area contributed by atoms with Gasteiger partial charge >= 0.3 is 0 Å². The smallest absolute Gasteiger partial charge is 0.163 e. The second-order valence-corrected chi connectivity index (χ2v) is 4.96. The molecule has 0 amide bonds. The first-order valence-corrected chi connectivity index (χ1v) is 6.28. The third-order valence-electron chi connectivity index (χ3n) is 3.88.